The summed E-state index contributed by atoms with van der Waals surface area (Å²) < 4.78 is 40.8. The minimum atomic E-state index is -3.74. The van der Waals surface area contributed by atoms with E-state index in [1.165, 1.54) is 6.07 Å². The summed E-state index contributed by atoms with van der Waals surface area (Å²) in [6.45, 7) is 2.20. The zero-order valence-corrected chi connectivity index (χ0v) is 15.3. The van der Waals surface area contributed by atoms with E-state index in [0.717, 1.165) is 43.6 Å². The molecule has 1 atom stereocenters. The first kappa shape index (κ1) is 17.8. The first-order valence-electron chi connectivity index (χ1n) is 7.68. The molecule has 24 heavy (non-hydrogen) atoms. The average Bonchev–Trinajstić information content (AvgIpc) is 3.24. The third-order valence-corrected chi connectivity index (χ3v) is 6.59. The Morgan fingerprint density at radius 3 is 2.67 bits per heavy atom. The Labute approximate surface area is 150 Å². The van der Waals surface area contributed by atoms with Crippen LogP contribution in [0.2, 0.25) is 5.02 Å². The van der Waals surface area contributed by atoms with Crippen molar-refractivity contribution in [3.63, 3.8) is 0 Å². The Bertz CT molecular complexity index is 790. The molecule has 0 aliphatic carbocycles. The summed E-state index contributed by atoms with van der Waals surface area (Å²) in [7, 11) is -3.74. The molecule has 1 N–H and O–H groups in total. The summed E-state index contributed by atoms with van der Waals surface area (Å²) in [5.41, 5.74) is 1.11. The van der Waals surface area contributed by atoms with Crippen molar-refractivity contribution in [3.05, 3.63) is 51.4 Å². The average molecular weight is 389 g/mol. The van der Waals surface area contributed by atoms with E-state index in [0.29, 0.717) is 0 Å². The summed E-state index contributed by atoms with van der Waals surface area (Å²) in [4.78, 5) is 2.27. The molecule has 1 aliphatic rings. The van der Waals surface area contributed by atoms with Crippen molar-refractivity contribution >= 4 is 33.0 Å². The number of halogens is 2. The molecule has 0 saturated carbocycles. The zero-order valence-electron chi connectivity index (χ0n) is 12.9. The SMILES string of the molecule is O=S(=O)(NCC(c1ccsc1)N1CCCC1)c1ccc(F)c(Cl)c1. The molecule has 1 fully saturated rings. The predicted molar refractivity (Wildman–Crippen MR) is 94.5 cm³/mol. The first-order valence-corrected chi connectivity index (χ1v) is 10.5. The number of rotatable bonds is 6. The van der Waals surface area contributed by atoms with Gasteiger partial charge in [0.15, 0.2) is 0 Å². The van der Waals surface area contributed by atoms with Crippen LogP contribution in [0.25, 0.3) is 0 Å². The van der Waals surface area contributed by atoms with Gasteiger partial charge in [0.05, 0.1) is 9.92 Å². The number of nitrogens with zero attached hydrogens (tertiary/aromatic N) is 1. The summed E-state index contributed by atoms with van der Waals surface area (Å²) in [5.74, 6) is -0.635. The molecule has 2 aromatic rings. The standard InChI is InChI=1S/C16H18ClFN2O2S2/c17-14-9-13(3-4-15(14)18)24(21,22)19-10-16(12-5-8-23-11-12)20-6-1-2-7-20/h3-5,8-9,11,16,19H,1-2,6-7,10H2. The fourth-order valence-corrected chi connectivity index (χ4v) is 4.91. The maximum absolute atomic E-state index is 13.2. The van der Waals surface area contributed by atoms with Crippen LogP contribution >= 0.6 is 22.9 Å². The molecule has 2 heterocycles. The third kappa shape index (κ3) is 3.97. The van der Waals surface area contributed by atoms with Crippen LogP contribution in [0, 0.1) is 5.82 Å². The van der Waals surface area contributed by atoms with Crippen molar-refractivity contribution in [2.24, 2.45) is 0 Å². The fraction of sp³-hybridized carbons (Fsp3) is 0.375. The summed E-state index contributed by atoms with van der Waals surface area (Å²) in [6, 6.07) is 5.45. The van der Waals surface area contributed by atoms with E-state index in [1.54, 1.807) is 11.3 Å². The van der Waals surface area contributed by atoms with E-state index in [9.17, 15) is 12.8 Å². The van der Waals surface area contributed by atoms with E-state index in [2.05, 4.69) is 9.62 Å². The van der Waals surface area contributed by atoms with Crippen molar-refractivity contribution < 1.29 is 12.8 Å². The Morgan fingerprint density at radius 1 is 1.29 bits per heavy atom. The lowest BCUT2D eigenvalue weighted by molar-refractivity contribution is 0.247. The highest BCUT2D eigenvalue weighted by Gasteiger charge is 2.26. The van der Waals surface area contributed by atoms with Gasteiger partial charge in [-0.1, -0.05) is 11.6 Å². The van der Waals surface area contributed by atoms with Crippen LogP contribution in [-0.2, 0) is 10.0 Å². The van der Waals surface area contributed by atoms with E-state index < -0.39 is 15.8 Å². The van der Waals surface area contributed by atoms with Gasteiger partial charge in [-0.2, -0.15) is 11.3 Å². The number of benzene rings is 1. The molecule has 3 rings (SSSR count). The lowest BCUT2D eigenvalue weighted by Crippen LogP contribution is -2.36. The minimum absolute atomic E-state index is 0.00412. The molecule has 8 heteroatoms. The van der Waals surface area contributed by atoms with Crippen LogP contribution in [-0.4, -0.2) is 33.0 Å². The molecule has 0 radical (unpaired) electrons. The van der Waals surface area contributed by atoms with Crippen LogP contribution in [0.4, 0.5) is 4.39 Å². The molecular weight excluding hydrogens is 371 g/mol. The molecule has 1 saturated heterocycles. The lowest BCUT2D eigenvalue weighted by atomic mass is 10.1. The number of thiophene rings is 1. The molecule has 130 valence electrons. The van der Waals surface area contributed by atoms with Gasteiger partial charge in [0, 0.05) is 12.6 Å². The number of hydrogen-bond donors (Lipinski definition) is 1. The quantitative estimate of drug-likeness (QED) is 0.821. The van der Waals surface area contributed by atoms with E-state index >= 15 is 0 Å². The fourth-order valence-electron chi connectivity index (χ4n) is 2.89. The van der Waals surface area contributed by atoms with Gasteiger partial charge in [-0.25, -0.2) is 17.5 Å². The summed E-state index contributed by atoms with van der Waals surface area (Å²) in [5, 5.41) is 3.84. The highest BCUT2D eigenvalue weighted by atomic mass is 35.5. The largest absolute Gasteiger partial charge is 0.295 e. The van der Waals surface area contributed by atoms with Crippen LogP contribution in [0.3, 0.4) is 0 Å². The lowest BCUT2D eigenvalue weighted by Gasteiger charge is -2.27. The van der Waals surface area contributed by atoms with Gasteiger partial charge >= 0.3 is 0 Å². The van der Waals surface area contributed by atoms with Crippen molar-refractivity contribution in [2.75, 3.05) is 19.6 Å². The highest BCUT2D eigenvalue weighted by molar-refractivity contribution is 7.89. The van der Waals surface area contributed by atoms with Gasteiger partial charge in [0.25, 0.3) is 0 Å². The molecule has 0 amide bonds. The Morgan fingerprint density at radius 2 is 2.04 bits per heavy atom. The van der Waals surface area contributed by atoms with Crippen molar-refractivity contribution in [1.82, 2.24) is 9.62 Å². The van der Waals surface area contributed by atoms with E-state index in [1.807, 2.05) is 16.8 Å². The van der Waals surface area contributed by atoms with Crippen molar-refractivity contribution in [2.45, 2.75) is 23.8 Å². The first-order chi connectivity index (χ1) is 11.5. The van der Waals surface area contributed by atoms with E-state index in [4.69, 9.17) is 11.6 Å². The number of nitrogens with one attached hydrogen (secondary N) is 1. The van der Waals surface area contributed by atoms with Crippen molar-refractivity contribution in [1.29, 1.82) is 0 Å². The maximum Gasteiger partial charge on any atom is 0.240 e. The molecule has 4 nitrogen and oxygen atoms in total. The number of hydrogen-bond acceptors (Lipinski definition) is 4. The molecule has 0 spiro atoms. The molecule has 1 aliphatic heterocycles. The number of sulfonamides is 1. The topological polar surface area (TPSA) is 49.4 Å². The third-order valence-electron chi connectivity index (χ3n) is 4.18. The molecule has 1 aromatic carbocycles. The second kappa shape index (κ2) is 7.49. The summed E-state index contributed by atoms with van der Waals surface area (Å²) >= 11 is 7.29. The highest BCUT2D eigenvalue weighted by Crippen LogP contribution is 2.27. The normalized spacial score (nSPS) is 17.2. The molecule has 0 bridgehead atoms. The minimum Gasteiger partial charge on any atom is -0.295 e. The van der Waals surface area contributed by atoms with Crippen LogP contribution in [0.1, 0.15) is 24.4 Å². The van der Waals surface area contributed by atoms with Gasteiger partial charge in [0.2, 0.25) is 10.0 Å². The summed E-state index contributed by atoms with van der Waals surface area (Å²) in [6.07, 6.45) is 2.25. The Hall–Kier alpha value is -0.990. The van der Waals surface area contributed by atoms with Gasteiger partial charge < -0.3 is 0 Å². The monoisotopic (exact) mass is 388 g/mol. The van der Waals surface area contributed by atoms with Gasteiger partial charge in [-0.3, -0.25) is 4.90 Å². The zero-order chi connectivity index (χ0) is 17.2. The smallest absolute Gasteiger partial charge is 0.240 e. The van der Waals surface area contributed by atoms with Gasteiger partial charge in [-0.05, 0) is 66.5 Å². The number of likely N-dealkylation sites (tertiary alicyclic amines) is 1. The van der Waals surface area contributed by atoms with Crippen LogP contribution in [0.5, 0.6) is 0 Å². The van der Waals surface area contributed by atoms with Gasteiger partial charge in [-0.15, -0.1) is 0 Å². The second-order valence-electron chi connectivity index (χ2n) is 5.74. The Kier molecular flexibility index (Phi) is 5.56. The van der Waals surface area contributed by atoms with Gasteiger partial charge in [0.1, 0.15) is 5.82 Å². The molecule has 1 aromatic heterocycles. The van der Waals surface area contributed by atoms with Crippen molar-refractivity contribution in [3.8, 4) is 0 Å². The maximum atomic E-state index is 13.2. The van der Waals surface area contributed by atoms with E-state index in [-0.39, 0.29) is 22.5 Å². The molecule has 1 unspecified atom stereocenters. The second-order valence-corrected chi connectivity index (χ2v) is 8.70. The predicted octanol–water partition coefficient (Wildman–Crippen LogP) is 3.66. The van der Waals surface area contributed by atoms with Crippen LogP contribution < -0.4 is 4.72 Å². The Balaban J connectivity index is 1.76. The molecular formula is C16H18ClFN2O2S2. The van der Waals surface area contributed by atoms with Crippen LogP contribution in [0.15, 0.2) is 39.9 Å².